The normalized spacial score (nSPS) is 12.9. The molecule has 2 aromatic rings. The quantitative estimate of drug-likeness (QED) is 0.418. The summed E-state index contributed by atoms with van der Waals surface area (Å²) in [5.74, 6) is 1.38. The zero-order valence-electron chi connectivity index (χ0n) is 13.3. The maximum Gasteiger partial charge on any atom is 0.222 e. The topological polar surface area (TPSA) is 43.2 Å². The zero-order chi connectivity index (χ0) is 18.4. The number of hydrogen-bond donors (Lipinski definition) is 0. The Hall–Kier alpha value is -1.46. The molecule has 8 heteroatoms. The van der Waals surface area contributed by atoms with E-state index in [9.17, 15) is 0 Å². The minimum absolute atomic E-state index is 0.122. The van der Waals surface area contributed by atoms with Crippen molar-refractivity contribution in [3.63, 3.8) is 0 Å². The Balaban J connectivity index is 2.24. The van der Waals surface area contributed by atoms with Crippen LogP contribution in [0.25, 0.3) is 0 Å². The van der Waals surface area contributed by atoms with E-state index in [1.807, 2.05) is 0 Å². The standard InChI is InChI=1S/C17H14Cl4N2O2/c1-24-13-7-3-11(4-8-13)22-15(18)17(20,21)16(19)23-12-5-9-14(25-2)10-6-12/h3-10H,1-2H3. The van der Waals surface area contributed by atoms with Gasteiger partial charge in [0.15, 0.2) is 0 Å². The van der Waals surface area contributed by atoms with Crippen LogP contribution in [0.15, 0.2) is 58.5 Å². The molecule has 0 aliphatic heterocycles. The van der Waals surface area contributed by atoms with Gasteiger partial charge in [-0.2, -0.15) is 0 Å². The number of benzene rings is 2. The van der Waals surface area contributed by atoms with Crippen molar-refractivity contribution in [1.29, 1.82) is 0 Å². The highest BCUT2D eigenvalue weighted by Crippen LogP contribution is 2.33. The van der Waals surface area contributed by atoms with Gasteiger partial charge in [0.25, 0.3) is 0 Å². The van der Waals surface area contributed by atoms with Gasteiger partial charge in [-0.15, -0.1) is 0 Å². The van der Waals surface area contributed by atoms with E-state index < -0.39 is 4.33 Å². The molecule has 0 atom stereocenters. The molecular formula is C17H14Cl4N2O2. The van der Waals surface area contributed by atoms with Gasteiger partial charge < -0.3 is 9.47 Å². The van der Waals surface area contributed by atoms with Crippen molar-refractivity contribution in [2.24, 2.45) is 9.98 Å². The molecular weight excluding hydrogens is 406 g/mol. The first-order valence-corrected chi connectivity index (χ1v) is 8.53. The van der Waals surface area contributed by atoms with Crippen LogP contribution in [-0.2, 0) is 0 Å². The van der Waals surface area contributed by atoms with E-state index in [0.29, 0.717) is 22.9 Å². The van der Waals surface area contributed by atoms with Crippen LogP contribution in [0.5, 0.6) is 11.5 Å². The van der Waals surface area contributed by atoms with Crippen LogP contribution in [-0.4, -0.2) is 28.9 Å². The average molecular weight is 420 g/mol. The molecule has 0 aliphatic rings. The third kappa shape index (κ3) is 5.25. The molecule has 0 N–H and O–H groups in total. The second-order valence-electron chi connectivity index (χ2n) is 4.78. The van der Waals surface area contributed by atoms with Crippen molar-refractivity contribution in [1.82, 2.24) is 0 Å². The van der Waals surface area contributed by atoms with E-state index in [0.717, 1.165) is 0 Å². The Bertz CT molecular complexity index is 707. The molecule has 2 aromatic carbocycles. The summed E-state index contributed by atoms with van der Waals surface area (Å²) in [4.78, 5) is 8.35. The molecule has 2 rings (SSSR count). The van der Waals surface area contributed by atoms with Gasteiger partial charge in [-0.3, -0.25) is 0 Å². The molecule has 0 heterocycles. The predicted octanol–water partition coefficient (Wildman–Crippen LogP) is 6.12. The van der Waals surface area contributed by atoms with E-state index in [4.69, 9.17) is 55.9 Å². The summed E-state index contributed by atoms with van der Waals surface area (Å²) in [5, 5.41) is -0.244. The molecule has 0 bridgehead atoms. The van der Waals surface area contributed by atoms with Gasteiger partial charge in [0.2, 0.25) is 4.33 Å². The highest BCUT2D eigenvalue weighted by Gasteiger charge is 2.36. The lowest BCUT2D eigenvalue weighted by atomic mass is 10.3. The minimum Gasteiger partial charge on any atom is -0.497 e. The fraction of sp³-hybridized carbons (Fsp3) is 0.176. The van der Waals surface area contributed by atoms with Crippen LogP contribution in [0, 0.1) is 0 Å². The maximum atomic E-state index is 6.24. The molecule has 0 spiro atoms. The van der Waals surface area contributed by atoms with Crippen molar-refractivity contribution < 1.29 is 9.47 Å². The second kappa shape index (κ2) is 8.77. The highest BCUT2D eigenvalue weighted by molar-refractivity contribution is 6.93. The number of aliphatic imine (C=N–C) groups is 2. The molecule has 0 amide bonds. The summed E-state index contributed by atoms with van der Waals surface area (Å²) in [6, 6.07) is 13.8. The highest BCUT2D eigenvalue weighted by atomic mass is 35.5. The van der Waals surface area contributed by atoms with Crippen LogP contribution in [0.1, 0.15) is 0 Å². The molecule has 132 valence electrons. The van der Waals surface area contributed by atoms with Crippen LogP contribution in [0.2, 0.25) is 0 Å². The third-order valence-electron chi connectivity index (χ3n) is 3.12. The van der Waals surface area contributed by atoms with Gasteiger partial charge >= 0.3 is 0 Å². The summed E-state index contributed by atoms with van der Waals surface area (Å²) < 4.78 is 8.38. The first-order valence-electron chi connectivity index (χ1n) is 7.02. The van der Waals surface area contributed by atoms with Crippen LogP contribution >= 0.6 is 46.4 Å². The van der Waals surface area contributed by atoms with E-state index in [1.165, 1.54) is 0 Å². The van der Waals surface area contributed by atoms with E-state index >= 15 is 0 Å². The Morgan fingerprint density at radius 1 is 0.720 bits per heavy atom. The van der Waals surface area contributed by atoms with Gasteiger partial charge in [-0.05, 0) is 48.5 Å². The van der Waals surface area contributed by atoms with Crippen LogP contribution < -0.4 is 9.47 Å². The molecule has 4 nitrogen and oxygen atoms in total. The van der Waals surface area contributed by atoms with Gasteiger partial charge in [0, 0.05) is 0 Å². The Morgan fingerprint density at radius 2 is 1.04 bits per heavy atom. The first-order chi connectivity index (χ1) is 11.9. The number of rotatable bonds is 6. The Labute approximate surface area is 166 Å². The number of nitrogens with zero attached hydrogens (tertiary/aromatic N) is 2. The van der Waals surface area contributed by atoms with Crippen molar-refractivity contribution in [2.75, 3.05) is 14.2 Å². The molecule has 0 radical (unpaired) electrons. The van der Waals surface area contributed by atoms with Crippen molar-refractivity contribution in [3.05, 3.63) is 48.5 Å². The van der Waals surface area contributed by atoms with Crippen molar-refractivity contribution in [2.45, 2.75) is 4.33 Å². The Kier molecular flexibility index (Phi) is 6.96. The molecule has 25 heavy (non-hydrogen) atoms. The number of alkyl halides is 2. The molecule has 0 unspecified atom stereocenters. The number of methoxy groups -OCH3 is 2. The third-order valence-corrected chi connectivity index (χ3v) is 4.96. The lowest BCUT2D eigenvalue weighted by molar-refractivity contribution is 0.415. The van der Waals surface area contributed by atoms with Crippen molar-refractivity contribution in [3.8, 4) is 11.5 Å². The molecule has 0 saturated carbocycles. The molecule has 0 aliphatic carbocycles. The SMILES string of the molecule is COc1ccc(N=C(Cl)C(Cl)(Cl)C(Cl)=Nc2ccc(OC)cc2)cc1. The summed E-state index contributed by atoms with van der Waals surface area (Å²) in [7, 11) is 3.15. The largest absolute Gasteiger partial charge is 0.497 e. The van der Waals surface area contributed by atoms with Gasteiger partial charge in [0.05, 0.1) is 25.6 Å². The van der Waals surface area contributed by atoms with Crippen molar-refractivity contribution >= 4 is 68.1 Å². The Morgan fingerprint density at radius 3 is 1.32 bits per heavy atom. The monoisotopic (exact) mass is 418 g/mol. The fourth-order valence-corrected chi connectivity index (χ4v) is 2.36. The lowest BCUT2D eigenvalue weighted by Crippen LogP contribution is -2.28. The number of halogens is 4. The first kappa shape index (κ1) is 19.9. The van der Waals surface area contributed by atoms with Crippen LogP contribution in [0.4, 0.5) is 11.4 Å². The maximum absolute atomic E-state index is 6.24. The van der Waals surface area contributed by atoms with E-state index in [1.54, 1.807) is 62.8 Å². The lowest BCUT2D eigenvalue weighted by Gasteiger charge is -2.16. The smallest absolute Gasteiger partial charge is 0.222 e. The van der Waals surface area contributed by atoms with Crippen LogP contribution in [0.3, 0.4) is 0 Å². The van der Waals surface area contributed by atoms with Gasteiger partial charge in [-0.1, -0.05) is 46.4 Å². The van der Waals surface area contributed by atoms with E-state index in [-0.39, 0.29) is 10.3 Å². The van der Waals surface area contributed by atoms with E-state index in [2.05, 4.69) is 9.98 Å². The number of ether oxygens (including phenoxy) is 2. The average Bonchev–Trinajstić information content (AvgIpc) is 2.62. The summed E-state index contributed by atoms with van der Waals surface area (Å²) >= 11 is 24.8. The summed E-state index contributed by atoms with van der Waals surface area (Å²) in [5.41, 5.74) is 1.09. The summed E-state index contributed by atoms with van der Waals surface area (Å²) in [6.45, 7) is 0. The second-order valence-corrected chi connectivity index (χ2v) is 6.82. The zero-order valence-corrected chi connectivity index (χ0v) is 16.4. The number of hydrogen-bond acceptors (Lipinski definition) is 4. The fourth-order valence-electron chi connectivity index (χ4n) is 1.77. The molecule has 0 fully saturated rings. The van der Waals surface area contributed by atoms with Gasteiger partial charge in [0.1, 0.15) is 21.8 Å². The summed E-state index contributed by atoms with van der Waals surface area (Å²) in [6.07, 6.45) is 0. The minimum atomic E-state index is -1.77. The molecule has 0 aromatic heterocycles. The molecule has 0 saturated heterocycles. The predicted molar refractivity (Wildman–Crippen MR) is 106 cm³/mol. The van der Waals surface area contributed by atoms with Gasteiger partial charge in [-0.25, -0.2) is 9.98 Å².